The van der Waals surface area contributed by atoms with Gasteiger partial charge in [0.1, 0.15) is 41.3 Å². The molecular formula is C31H31N5O5. The predicted molar refractivity (Wildman–Crippen MR) is 153 cm³/mol. The summed E-state index contributed by atoms with van der Waals surface area (Å²) in [4.78, 5) is 12.7. The van der Waals surface area contributed by atoms with Crippen LogP contribution >= 0.6 is 0 Å². The van der Waals surface area contributed by atoms with Crippen LogP contribution in [-0.2, 0) is 15.1 Å². The molecule has 0 saturated carbocycles. The van der Waals surface area contributed by atoms with E-state index >= 15 is 0 Å². The second-order valence-electron chi connectivity index (χ2n) is 9.83. The first-order valence-corrected chi connectivity index (χ1v) is 13.3. The van der Waals surface area contributed by atoms with E-state index in [0.717, 1.165) is 28.2 Å². The lowest BCUT2D eigenvalue weighted by molar-refractivity contribution is -0.0931. The van der Waals surface area contributed by atoms with Gasteiger partial charge in [0, 0.05) is 6.42 Å². The first-order valence-electron chi connectivity index (χ1n) is 13.3. The Morgan fingerprint density at radius 3 is 2.10 bits per heavy atom. The van der Waals surface area contributed by atoms with Gasteiger partial charge in [-0.2, -0.15) is 0 Å². The minimum atomic E-state index is -1.02. The number of nitrogen functional groups attached to an aromatic ring is 1. The minimum Gasteiger partial charge on any atom is -0.497 e. The fourth-order valence-electron chi connectivity index (χ4n) is 5.40. The lowest BCUT2D eigenvalue weighted by Crippen LogP contribution is -2.38. The molecule has 0 bridgehead atoms. The van der Waals surface area contributed by atoms with E-state index in [1.807, 2.05) is 78.9 Å². The van der Waals surface area contributed by atoms with Crippen LogP contribution in [0.2, 0.25) is 0 Å². The summed E-state index contributed by atoms with van der Waals surface area (Å²) >= 11 is 0. The summed E-state index contributed by atoms with van der Waals surface area (Å²) in [6.45, 7) is 0.106. The van der Waals surface area contributed by atoms with E-state index in [9.17, 15) is 5.11 Å². The van der Waals surface area contributed by atoms with Crippen molar-refractivity contribution in [3.05, 3.63) is 108 Å². The molecule has 1 unspecified atom stereocenters. The smallest absolute Gasteiger partial charge is 0.167 e. The van der Waals surface area contributed by atoms with Crippen molar-refractivity contribution in [2.75, 3.05) is 26.6 Å². The molecular weight excluding hydrogens is 522 g/mol. The van der Waals surface area contributed by atoms with Gasteiger partial charge in [-0.1, -0.05) is 54.6 Å². The van der Waals surface area contributed by atoms with E-state index in [4.69, 9.17) is 24.7 Å². The number of aliphatic hydroxyl groups is 1. The molecule has 1 saturated heterocycles. The summed E-state index contributed by atoms with van der Waals surface area (Å²) < 4.78 is 25.9. The van der Waals surface area contributed by atoms with E-state index < -0.39 is 24.0 Å². The molecule has 10 heteroatoms. The van der Waals surface area contributed by atoms with Gasteiger partial charge in [-0.05, 0) is 41.0 Å². The molecule has 3 heterocycles. The standard InChI is InChI=1S/C31H31N5O5/c1-38-23-12-8-21(9-13-23)31(20-6-4-3-5-7-20,22-10-14-24(39-2)15-11-22)40-17-26-25(37)16-27(41-26)36-19-35-28-29(32)33-18-34-30(28)36/h3-15,18-19,25-27,37H,16-17H2,1-2H3,(H2,32,33,34)/t25?,26-,27-/m1/s1. The first kappa shape index (κ1) is 26.7. The van der Waals surface area contributed by atoms with E-state index in [1.54, 1.807) is 25.1 Å². The quantitative estimate of drug-likeness (QED) is 0.260. The SMILES string of the molecule is COc1ccc(C(OC[C@H]2O[C@@H](n3cnc4c(N)ncnc43)CC2O)(c2ccccc2)c2ccc(OC)cc2)cc1. The highest BCUT2D eigenvalue weighted by Crippen LogP contribution is 2.43. The molecule has 3 N–H and O–H groups in total. The third kappa shape index (κ3) is 4.86. The number of fused-ring (bicyclic) bond motifs is 1. The van der Waals surface area contributed by atoms with E-state index in [-0.39, 0.29) is 6.61 Å². The molecule has 0 spiro atoms. The first-order chi connectivity index (χ1) is 20.0. The van der Waals surface area contributed by atoms with Crippen LogP contribution in [0.5, 0.6) is 11.5 Å². The van der Waals surface area contributed by atoms with Crippen LogP contribution in [0, 0.1) is 0 Å². The molecule has 210 valence electrons. The fourth-order valence-corrected chi connectivity index (χ4v) is 5.40. The lowest BCUT2D eigenvalue weighted by Gasteiger charge is -2.37. The summed E-state index contributed by atoms with van der Waals surface area (Å²) in [6, 6.07) is 25.6. The van der Waals surface area contributed by atoms with Gasteiger partial charge in [-0.3, -0.25) is 4.57 Å². The molecule has 0 aliphatic carbocycles. The molecule has 1 aliphatic rings. The summed E-state index contributed by atoms with van der Waals surface area (Å²) in [6.07, 6.45) is 1.45. The molecule has 1 fully saturated rings. The Labute approximate surface area is 237 Å². The zero-order valence-corrected chi connectivity index (χ0v) is 22.8. The number of nitrogens with zero attached hydrogens (tertiary/aromatic N) is 4. The Morgan fingerprint density at radius 2 is 1.49 bits per heavy atom. The van der Waals surface area contributed by atoms with Gasteiger partial charge in [0.15, 0.2) is 11.5 Å². The van der Waals surface area contributed by atoms with Crippen molar-refractivity contribution in [1.82, 2.24) is 19.5 Å². The molecule has 3 aromatic carbocycles. The van der Waals surface area contributed by atoms with E-state index in [0.29, 0.717) is 23.4 Å². The zero-order valence-electron chi connectivity index (χ0n) is 22.8. The van der Waals surface area contributed by atoms with Crippen LogP contribution in [-0.4, -0.2) is 57.7 Å². The van der Waals surface area contributed by atoms with E-state index in [2.05, 4.69) is 15.0 Å². The third-order valence-electron chi connectivity index (χ3n) is 7.54. The van der Waals surface area contributed by atoms with Crippen LogP contribution in [0.4, 0.5) is 5.82 Å². The molecule has 2 aromatic heterocycles. The second kappa shape index (κ2) is 11.2. The normalized spacial score (nSPS) is 19.0. The zero-order chi connectivity index (χ0) is 28.4. The van der Waals surface area contributed by atoms with Gasteiger partial charge in [-0.15, -0.1) is 0 Å². The number of hydrogen-bond donors (Lipinski definition) is 2. The van der Waals surface area contributed by atoms with Gasteiger partial charge in [0.25, 0.3) is 0 Å². The number of ether oxygens (including phenoxy) is 4. The molecule has 1 aliphatic heterocycles. The Balaban J connectivity index is 1.37. The Kier molecular flexibility index (Phi) is 7.27. The van der Waals surface area contributed by atoms with Crippen LogP contribution in [0.3, 0.4) is 0 Å². The van der Waals surface area contributed by atoms with E-state index in [1.165, 1.54) is 6.33 Å². The molecule has 5 aromatic rings. The van der Waals surface area contributed by atoms with Crippen molar-refractivity contribution in [3.63, 3.8) is 0 Å². The fraction of sp³-hybridized carbons (Fsp3) is 0.258. The third-order valence-corrected chi connectivity index (χ3v) is 7.54. The monoisotopic (exact) mass is 553 g/mol. The maximum absolute atomic E-state index is 11.1. The largest absolute Gasteiger partial charge is 0.497 e. The van der Waals surface area contributed by atoms with Crippen molar-refractivity contribution in [2.45, 2.75) is 30.5 Å². The lowest BCUT2D eigenvalue weighted by atomic mass is 9.80. The van der Waals surface area contributed by atoms with Gasteiger partial charge < -0.3 is 29.8 Å². The van der Waals surface area contributed by atoms with Gasteiger partial charge >= 0.3 is 0 Å². The van der Waals surface area contributed by atoms with Crippen molar-refractivity contribution >= 4 is 17.0 Å². The van der Waals surface area contributed by atoms with Crippen molar-refractivity contribution in [3.8, 4) is 11.5 Å². The summed E-state index contributed by atoms with van der Waals surface area (Å²) in [5, 5.41) is 11.1. The number of nitrogens with two attached hydrogens (primary N) is 1. The van der Waals surface area contributed by atoms with Gasteiger partial charge in [-0.25, -0.2) is 15.0 Å². The minimum absolute atomic E-state index is 0.106. The molecule has 0 radical (unpaired) electrons. The average molecular weight is 554 g/mol. The number of benzene rings is 3. The highest BCUT2D eigenvalue weighted by molar-refractivity contribution is 5.81. The number of imidazole rings is 1. The Morgan fingerprint density at radius 1 is 0.878 bits per heavy atom. The molecule has 41 heavy (non-hydrogen) atoms. The van der Waals surface area contributed by atoms with Crippen LogP contribution in [0.15, 0.2) is 91.5 Å². The number of aliphatic hydroxyl groups excluding tert-OH is 1. The van der Waals surface area contributed by atoms with Gasteiger partial charge in [0.2, 0.25) is 0 Å². The van der Waals surface area contributed by atoms with Crippen LogP contribution < -0.4 is 15.2 Å². The highest BCUT2D eigenvalue weighted by atomic mass is 16.6. The predicted octanol–water partition coefficient (Wildman–Crippen LogP) is 4.08. The molecule has 0 amide bonds. The maximum Gasteiger partial charge on any atom is 0.167 e. The number of hydrogen-bond acceptors (Lipinski definition) is 9. The highest BCUT2D eigenvalue weighted by Gasteiger charge is 2.42. The van der Waals surface area contributed by atoms with Crippen molar-refractivity contribution in [2.24, 2.45) is 0 Å². The summed E-state index contributed by atoms with van der Waals surface area (Å²) in [7, 11) is 3.27. The Hall–Kier alpha value is -4.51. The number of aromatic nitrogens is 4. The molecule has 3 atom stereocenters. The van der Waals surface area contributed by atoms with Crippen LogP contribution in [0.1, 0.15) is 29.3 Å². The van der Waals surface area contributed by atoms with Crippen molar-refractivity contribution < 1.29 is 24.1 Å². The Bertz CT molecular complexity index is 1560. The molecule has 10 nitrogen and oxygen atoms in total. The summed E-state index contributed by atoms with van der Waals surface area (Å²) in [5.74, 6) is 1.76. The average Bonchev–Trinajstić information content (AvgIpc) is 3.62. The number of anilines is 1. The summed E-state index contributed by atoms with van der Waals surface area (Å²) in [5.41, 5.74) is 8.70. The van der Waals surface area contributed by atoms with Crippen molar-refractivity contribution in [1.29, 1.82) is 0 Å². The number of rotatable bonds is 9. The topological polar surface area (TPSA) is 127 Å². The van der Waals surface area contributed by atoms with Crippen LogP contribution in [0.25, 0.3) is 11.2 Å². The second-order valence-corrected chi connectivity index (χ2v) is 9.83. The van der Waals surface area contributed by atoms with Gasteiger partial charge in [0.05, 0.1) is 33.3 Å². The maximum atomic E-state index is 11.1. The molecule has 6 rings (SSSR count). The number of methoxy groups -OCH3 is 2.